The number of fused-ring (bicyclic) bond motifs is 1. The van der Waals surface area contributed by atoms with E-state index in [1.54, 1.807) is 0 Å². The Bertz CT molecular complexity index is 961. The lowest BCUT2D eigenvalue weighted by atomic mass is 9.90. The van der Waals surface area contributed by atoms with E-state index in [9.17, 15) is 19.1 Å². The second-order valence-electron chi connectivity index (χ2n) is 5.72. The Hall–Kier alpha value is -2.51. The SMILES string of the molecule is O=C1C[C@H](c2ccsc2)c2sc(C(=O)O)c(-c3ccc(F)cc3)c2N1. The molecule has 7 heteroatoms. The van der Waals surface area contributed by atoms with Crippen LogP contribution in [0.4, 0.5) is 10.1 Å². The number of hydrogen-bond donors (Lipinski definition) is 2. The van der Waals surface area contributed by atoms with Crippen molar-refractivity contribution in [2.45, 2.75) is 12.3 Å². The molecule has 1 aliphatic heterocycles. The maximum Gasteiger partial charge on any atom is 0.346 e. The summed E-state index contributed by atoms with van der Waals surface area (Å²) in [5.74, 6) is -1.77. The van der Waals surface area contributed by atoms with Crippen LogP contribution in [0, 0.1) is 5.82 Å². The predicted octanol–water partition coefficient (Wildman–Crippen LogP) is 4.79. The summed E-state index contributed by atoms with van der Waals surface area (Å²) in [5, 5.41) is 16.4. The maximum absolute atomic E-state index is 13.3. The summed E-state index contributed by atoms with van der Waals surface area (Å²) in [6, 6.07) is 7.59. The molecule has 0 radical (unpaired) electrons. The highest BCUT2D eigenvalue weighted by atomic mass is 32.1. The summed E-state index contributed by atoms with van der Waals surface area (Å²) in [4.78, 5) is 25.0. The van der Waals surface area contributed by atoms with Crippen molar-refractivity contribution in [2.24, 2.45) is 0 Å². The molecular weight excluding hydrogens is 361 g/mol. The third kappa shape index (κ3) is 2.75. The third-order valence-electron chi connectivity index (χ3n) is 4.18. The van der Waals surface area contributed by atoms with Gasteiger partial charge in [0.2, 0.25) is 5.91 Å². The van der Waals surface area contributed by atoms with Gasteiger partial charge in [-0.25, -0.2) is 9.18 Å². The smallest absolute Gasteiger partial charge is 0.346 e. The molecule has 0 saturated heterocycles. The number of halogens is 1. The fourth-order valence-corrected chi connectivity index (χ4v) is 5.03. The maximum atomic E-state index is 13.3. The lowest BCUT2D eigenvalue weighted by molar-refractivity contribution is -0.116. The first-order valence-electron chi connectivity index (χ1n) is 7.52. The number of anilines is 1. The molecule has 0 unspecified atom stereocenters. The van der Waals surface area contributed by atoms with Crippen molar-refractivity contribution in [3.05, 3.63) is 62.2 Å². The molecule has 0 bridgehead atoms. The van der Waals surface area contributed by atoms with Gasteiger partial charge in [-0.2, -0.15) is 11.3 Å². The van der Waals surface area contributed by atoms with Gasteiger partial charge in [0.15, 0.2) is 0 Å². The highest BCUT2D eigenvalue weighted by Gasteiger charge is 2.34. The topological polar surface area (TPSA) is 66.4 Å². The first kappa shape index (κ1) is 16.0. The number of amides is 1. The average Bonchev–Trinajstić information content (AvgIpc) is 3.22. The first-order valence-corrected chi connectivity index (χ1v) is 9.28. The molecule has 1 atom stereocenters. The zero-order chi connectivity index (χ0) is 17.6. The normalized spacial score (nSPS) is 16.4. The van der Waals surface area contributed by atoms with Crippen molar-refractivity contribution in [3.63, 3.8) is 0 Å². The van der Waals surface area contributed by atoms with E-state index in [2.05, 4.69) is 5.32 Å². The molecule has 0 fully saturated rings. The van der Waals surface area contributed by atoms with Gasteiger partial charge in [0.05, 0.1) is 5.69 Å². The number of nitrogens with one attached hydrogen (secondary N) is 1. The van der Waals surface area contributed by atoms with E-state index in [0.717, 1.165) is 10.4 Å². The van der Waals surface area contributed by atoms with Crippen molar-refractivity contribution < 1.29 is 19.1 Å². The molecule has 1 aromatic carbocycles. The molecule has 2 N–H and O–H groups in total. The molecule has 126 valence electrons. The van der Waals surface area contributed by atoms with Crippen molar-refractivity contribution in [2.75, 3.05) is 5.32 Å². The number of aromatic carboxylic acids is 1. The van der Waals surface area contributed by atoms with Crippen LogP contribution in [0.25, 0.3) is 11.1 Å². The molecule has 1 aliphatic rings. The van der Waals surface area contributed by atoms with Gasteiger partial charge in [0.1, 0.15) is 10.7 Å². The van der Waals surface area contributed by atoms with Crippen molar-refractivity contribution in [3.8, 4) is 11.1 Å². The Morgan fingerprint density at radius 1 is 1.24 bits per heavy atom. The molecular formula is C18H12FNO3S2. The van der Waals surface area contributed by atoms with Gasteiger partial charge >= 0.3 is 5.97 Å². The second-order valence-corrected chi connectivity index (χ2v) is 7.55. The Morgan fingerprint density at radius 3 is 2.64 bits per heavy atom. The van der Waals surface area contributed by atoms with Crippen LogP contribution >= 0.6 is 22.7 Å². The molecule has 4 nitrogen and oxygen atoms in total. The zero-order valence-corrected chi connectivity index (χ0v) is 14.4. The van der Waals surface area contributed by atoms with E-state index in [4.69, 9.17) is 0 Å². The molecule has 4 rings (SSSR count). The Labute approximate surface area is 150 Å². The van der Waals surface area contributed by atoms with E-state index >= 15 is 0 Å². The van der Waals surface area contributed by atoms with E-state index in [0.29, 0.717) is 16.8 Å². The van der Waals surface area contributed by atoms with Crippen LogP contribution in [0.2, 0.25) is 0 Å². The zero-order valence-electron chi connectivity index (χ0n) is 12.8. The van der Waals surface area contributed by atoms with Gasteiger partial charge in [0.25, 0.3) is 0 Å². The van der Waals surface area contributed by atoms with Gasteiger partial charge in [-0.05, 0) is 40.1 Å². The number of benzene rings is 1. The number of carbonyl (C=O) groups excluding carboxylic acids is 1. The van der Waals surface area contributed by atoms with Gasteiger partial charge in [-0.15, -0.1) is 11.3 Å². The van der Waals surface area contributed by atoms with Crippen LogP contribution in [-0.4, -0.2) is 17.0 Å². The van der Waals surface area contributed by atoms with Crippen LogP contribution in [-0.2, 0) is 4.79 Å². The summed E-state index contributed by atoms with van der Waals surface area (Å²) < 4.78 is 13.3. The number of carbonyl (C=O) groups is 2. The first-order chi connectivity index (χ1) is 12.0. The number of carboxylic acid groups (broad SMARTS) is 1. The van der Waals surface area contributed by atoms with Crippen LogP contribution in [0.3, 0.4) is 0 Å². The molecule has 25 heavy (non-hydrogen) atoms. The average molecular weight is 373 g/mol. The number of rotatable bonds is 3. The standard InChI is InChI=1S/C18H12FNO3S2/c19-11-3-1-9(2-4-11)14-15-16(25-17(14)18(22)23)12(7-13(21)20-15)10-5-6-24-8-10/h1-6,8,12H,7H2,(H,20,21)(H,22,23)/t12-/m1/s1. The third-order valence-corrected chi connectivity index (χ3v) is 6.17. The van der Waals surface area contributed by atoms with Crippen LogP contribution in [0.15, 0.2) is 41.1 Å². The van der Waals surface area contributed by atoms with Crippen molar-refractivity contribution in [1.82, 2.24) is 0 Å². The fourth-order valence-electron chi connectivity index (χ4n) is 3.07. The van der Waals surface area contributed by atoms with Crippen LogP contribution < -0.4 is 5.32 Å². The highest BCUT2D eigenvalue weighted by Crippen LogP contribution is 2.49. The van der Waals surface area contributed by atoms with Crippen LogP contribution in [0.5, 0.6) is 0 Å². The monoisotopic (exact) mass is 373 g/mol. The molecule has 3 aromatic rings. The minimum absolute atomic E-state index is 0.151. The molecule has 0 aliphatic carbocycles. The number of carboxylic acids is 1. The summed E-state index contributed by atoms with van der Waals surface area (Å²) >= 11 is 2.71. The minimum Gasteiger partial charge on any atom is -0.477 e. The van der Waals surface area contributed by atoms with Crippen molar-refractivity contribution in [1.29, 1.82) is 0 Å². The Kier molecular flexibility index (Phi) is 3.89. The lowest BCUT2D eigenvalue weighted by Crippen LogP contribution is -2.22. The lowest BCUT2D eigenvalue weighted by Gasteiger charge is -2.23. The molecule has 3 heterocycles. The number of hydrogen-bond acceptors (Lipinski definition) is 4. The Balaban J connectivity index is 1.95. The van der Waals surface area contributed by atoms with E-state index in [1.165, 1.54) is 46.9 Å². The van der Waals surface area contributed by atoms with Gasteiger partial charge in [-0.3, -0.25) is 4.79 Å². The summed E-state index contributed by atoms with van der Waals surface area (Å²) in [5.41, 5.74) is 2.55. The van der Waals surface area contributed by atoms with Crippen LogP contribution in [0.1, 0.15) is 32.5 Å². The molecule has 0 saturated carbocycles. The Morgan fingerprint density at radius 2 is 2.00 bits per heavy atom. The summed E-state index contributed by atoms with van der Waals surface area (Å²) in [6.45, 7) is 0. The largest absolute Gasteiger partial charge is 0.477 e. The molecule has 1 amide bonds. The second kappa shape index (κ2) is 6.09. The minimum atomic E-state index is -1.06. The van der Waals surface area contributed by atoms with E-state index < -0.39 is 11.8 Å². The summed E-state index contributed by atoms with van der Waals surface area (Å²) in [6.07, 6.45) is 0.284. The molecule has 2 aromatic heterocycles. The fraction of sp³-hybridized carbons (Fsp3) is 0.111. The quantitative estimate of drug-likeness (QED) is 0.694. The van der Waals surface area contributed by atoms with E-state index in [-0.39, 0.29) is 23.1 Å². The highest BCUT2D eigenvalue weighted by molar-refractivity contribution is 7.15. The van der Waals surface area contributed by atoms with E-state index in [1.807, 2.05) is 16.8 Å². The van der Waals surface area contributed by atoms with Gasteiger partial charge < -0.3 is 10.4 Å². The predicted molar refractivity (Wildman–Crippen MR) is 96.1 cm³/mol. The number of thiophene rings is 2. The van der Waals surface area contributed by atoms with Crippen molar-refractivity contribution >= 4 is 40.2 Å². The van der Waals surface area contributed by atoms with Gasteiger partial charge in [-0.1, -0.05) is 12.1 Å². The molecule has 0 spiro atoms. The van der Waals surface area contributed by atoms with Gasteiger partial charge in [0, 0.05) is 22.8 Å². The summed E-state index contributed by atoms with van der Waals surface area (Å²) in [7, 11) is 0.